The number of rotatable bonds is 2. The number of likely N-dealkylation sites (tertiary alicyclic amines) is 2. The van der Waals surface area contributed by atoms with Crippen LogP contribution in [0.3, 0.4) is 0 Å². The van der Waals surface area contributed by atoms with Crippen LogP contribution in [0.4, 0.5) is 10.5 Å². The van der Waals surface area contributed by atoms with Crippen molar-refractivity contribution < 1.29 is 9.59 Å². The zero-order valence-corrected chi connectivity index (χ0v) is 14.4. The van der Waals surface area contributed by atoms with Gasteiger partial charge in [0, 0.05) is 31.9 Å². The van der Waals surface area contributed by atoms with Gasteiger partial charge in [0.2, 0.25) is 5.91 Å². The summed E-state index contributed by atoms with van der Waals surface area (Å²) in [6, 6.07) is 9.36. The second-order valence-electron chi connectivity index (χ2n) is 7.11. The highest BCUT2D eigenvalue weighted by molar-refractivity contribution is 5.90. The predicted octanol–water partition coefficient (Wildman–Crippen LogP) is 3.19. The largest absolute Gasteiger partial charge is 0.342 e. The molecule has 0 saturated carbocycles. The lowest BCUT2D eigenvalue weighted by atomic mass is 9.94. The van der Waals surface area contributed by atoms with Crippen molar-refractivity contribution in [3.63, 3.8) is 0 Å². The van der Waals surface area contributed by atoms with Gasteiger partial charge in [0.1, 0.15) is 0 Å². The van der Waals surface area contributed by atoms with E-state index in [0.29, 0.717) is 12.5 Å². The molecule has 0 aromatic heterocycles. The molecular weight excluding hydrogens is 302 g/mol. The molecule has 130 valence electrons. The average Bonchev–Trinajstić information content (AvgIpc) is 2.62. The highest BCUT2D eigenvalue weighted by atomic mass is 16.2. The first-order valence-corrected chi connectivity index (χ1v) is 9.03. The summed E-state index contributed by atoms with van der Waals surface area (Å²) in [4.78, 5) is 29.0. The SMILES string of the molecule is CC1CCCN(C(=O)C2CCCN(C(=O)Nc3ccccc3)C2)C1. The highest BCUT2D eigenvalue weighted by Gasteiger charge is 2.32. The van der Waals surface area contributed by atoms with E-state index in [1.807, 2.05) is 35.2 Å². The molecule has 2 unspecified atom stereocenters. The fourth-order valence-corrected chi connectivity index (χ4v) is 3.73. The summed E-state index contributed by atoms with van der Waals surface area (Å²) in [5.74, 6) is 0.771. The van der Waals surface area contributed by atoms with Crippen LogP contribution in [0, 0.1) is 11.8 Å². The molecule has 24 heavy (non-hydrogen) atoms. The molecule has 2 fully saturated rings. The molecule has 2 heterocycles. The minimum Gasteiger partial charge on any atom is -0.342 e. The number of amides is 3. The molecule has 0 spiro atoms. The number of anilines is 1. The van der Waals surface area contributed by atoms with Crippen molar-refractivity contribution in [1.29, 1.82) is 0 Å². The van der Waals surface area contributed by atoms with Crippen molar-refractivity contribution in [3.8, 4) is 0 Å². The van der Waals surface area contributed by atoms with Crippen molar-refractivity contribution in [3.05, 3.63) is 30.3 Å². The fourth-order valence-electron chi connectivity index (χ4n) is 3.73. The van der Waals surface area contributed by atoms with Crippen molar-refractivity contribution >= 4 is 17.6 Å². The third kappa shape index (κ3) is 4.08. The van der Waals surface area contributed by atoms with Crippen LogP contribution in [-0.4, -0.2) is 47.9 Å². The van der Waals surface area contributed by atoms with Crippen LogP contribution in [0.2, 0.25) is 0 Å². The lowest BCUT2D eigenvalue weighted by Gasteiger charge is -2.37. The van der Waals surface area contributed by atoms with Gasteiger partial charge >= 0.3 is 6.03 Å². The third-order valence-electron chi connectivity index (χ3n) is 5.05. The first-order valence-electron chi connectivity index (χ1n) is 9.03. The number of hydrogen-bond acceptors (Lipinski definition) is 2. The van der Waals surface area contributed by atoms with Crippen molar-refractivity contribution in [1.82, 2.24) is 9.80 Å². The minimum absolute atomic E-state index is 0.0504. The van der Waals surface area contributed by atoms with E-state index in [2.05, 4.69) is 12.2 Å². The minimum atomic E-state index is -0.106. The number of nitrogens with one attached hydrogen (secondary N) is 1. The van der Waals surface area contributed by atoms with Crippen LogP contribution in [0.25, 0.3) is 0 Å². The van der Waals surface area contributed by atoms with Gasteiger partial charge in [-0.15, -0.1) is 0 Å². The molecule has 1 N–H and O–H groups in total. The topological polar surface area (TPSA) is 52.7 Å². The van der Waals surface area contributed by atoms with Crippen molar-refractivity contribution in [2.45, 2.75) is 32.6 Å². The number of carbonyl (C=O) groups excluding carboxylic acids is 2. The molecular formula is C19H27N3O2. The van der Waals surface area contributed by atoms with Gasteiger partial charge in [-0.25, -0.2) is 4.79 Å². The van der Waals surface area contributed by atoms with Crippen molar-refractivity contribution in [2.24, 2.45) is 11.8 Å². The van der Waals surface area contributed by atoms with E-state index < -0.39 is 0 Å². The summed E-state index contributed by atoms with van der Waals surface area (Å²) >= 11 is 0. The van der Waals surface area contributed by atoms with Gasteiger partial charge in [-0.2, -0.15) is 0 Å². The fraction of sp³-hybridized carbons (Fsp3) is 0.579. The maximum absolute atomic E-state index is 12.8. The number of para-hydroxylation sites is 1. The number of benzene rings is 1. The van der Waals surface area contributed by atoms with Gasteiger partial charge in [-0.3, -0.25) is 4.79 Å². The lowest BCUT2D eigenvalue weighted by molar-refractivity contribution is -0.138. The number of carbonyl (C=O) groups is 2. The number of nitrogens with zero attached hydrogens (tertiary/aromatic N) is 2. The molecule has 3 amide bonds. The third-order valence-corrected chi connectivity index (χ3v) is 5.05. The standard InChI is InChI=1S/C19H27N3O2/c1-15-7-5-11-21(13-15)18(23)16-8-6-12-22(14-16)19(24)20-17-9-3-2-4-10-17/h2-4,9-10,15-16H,5-8,11-14H2,1H3,(H,20,24). The molecule has 1 aromatic rings. The zero-order chi connectivity index (χ0) is 16.9. The molecule has 2 saturated heterocycles. The van der Waals surface area contributed by atoms with E-state index >= 15 is 0 Å². The van der Waals surface area contributed by atoms with E-state index in [9.17, 15) is 9.59 Å². The van der Waals surface area contributed by atoms with E-state index in [0.717, 1.165) is 44.6 Å². The Morgan fingerprint density at radius 2 is 1.71 bits per heavy atom. The Morgan fingerprint density at radius 1 is 1.00 bits per heavy atom. The van der Waals surface area contributed by atoms with Gasteiger partial charge < -0.3 is 15.1 Å². The van der Waals surface area contributed by atoms with Gasteiger partial charge in [0.05, 0.1) is 5.92 Å². The molecule has 3 rings (SSSR count). The van der Waals surface area contributed by atoms with Crippen LogP contribution < -0.4 is 5.32 Å². The highest BCUT2D eigenvalue weighted by Crippen LogP contribution is 2.23. The second-order valence-corrected chi connectivity index (χ2v) is 7.11. The predicted molar refractivity (Wildman–Crippen MR) is 94.7 cm³/mol. The quantitative estimate of drug-likeness (QED) is 0.906. The smallest absolute Gasteiger partial charge is 0.321 e. The van der Waals surface area contributed by atoms with Crippen LogP contribution in [0.15, 0.2) is 30.3 Å². The Bertz CT molecular complexity index is 575. The summed E-state index contributed by atoms with van der Waals surface area (Å²) in [5.41, 5.74) is 0.792. The average molecular weight is 329 g/mol. The summed E-state index contributed by atoms with van der Waals surface area (Å²) in [5, 5.41) is 2.92. The molecule has 1 aromatic carbocycles. The Hall–Kier alpha value is -2.04. The van der Waals surface area contributed by atoms with E-state index in [4.69, 9.17) is 0 Å². The Kier molecular flexibility index (Phi) is 5.38. The molecule has 5 nitrogen and oxygen atoms in total. The van der Waals surface area contributed by atoms with Gasteiger partial charge in [-0.1, -0.05) is 25.1 Å². The summed E-state index contributed by atoms with van der Waals surface area (Å²) in [6.45, 7) is 5.20. The lowest BCUT2D eigenvalue weighted by Crippen LogP contribution is -2.49. The monoisotopic (exact) mass is 329 g/mol. The summed E-state index contributed by atoms with van der Waals surface area (Å²) in [6.07, 6.45) is 4.08. The summed E-state index contributed by atoms with van der Waals surface area (Å²) in [7, 11) is 0. The van der Waals surface area contributed by atoms with E-state index in [1.165, 1.54) is 6.42 Å². The normalized spacial score (nSPS) is 24.5. The molecule has 2 aliphatic rings. The number of piperidine rings is 2. The molecule has 2 atom stereocenters. The first kappa shape index (κ1) is 16.8. The van der Waals surface area contributed by atoms with Gasteiger partial charge in [0.15, 0.2) is 0 Å². The maximum atomic E-state index is 12.8. The molecule has 0 radical (unpaired) electrons. The Labute approximate surface area is 144 Å². The summed E-state index contributed by atoms with van der Waals surface area (Å²) < 4.78 is 0. The van der Waals surface area contributed by atoms with Crippen molar-refractivity contribution in [2.75, 3.05) is 31.5 Å². The molecule has 2 aliphatic heterocycles. The van der Waals surface area contributed by atoms with Crippen LogP contribution in [-0.2, 0) is 4.79 Å². The van der Waals surface area contributed by atoms with Gasteiger partial charge in [-0.05, 0) is 43.7 Å². The molecule has 5 heteroatoms. The Balaban J connectivity index is 1.57. The Morgan fingerprint density at radius 3 is 2.46 bits per heavy atom. The van der Waals surface area contributed by atoms with E-state index in [1.54, 1.807) is 4.90 Å². The van der Waals surface area contributed by atoms with E-state index in [-0.39, 0.29) is 17.9 Å². The van der Waals surface area contributed by atoms with Gasteiger partial charge in [0.25, 0.3) is 0 Å². The van der Waals surface area contributed by atoms with Crippen LogP contribution >= 0.6 is 0 Å². The van der Waals surface area contributed by atoms with Crippen LogP contribution in [0.1, 0.15) is 32.6 Å². The molecule has 0 aliphatic carbocycles. The van der Waals surface area contributed by atoms with Crippen LogP contribution in [0.5, 0.6) is 0 Å². The molecule has 0 bridgehead atoms. The second kappa shape index (κ2) is 7.69. The maximum Gasteiger partial charge on any atom is 0.321 e. The first-order chi connectivity index (χ1) is 11.6. The number of hydrogen-bond donors (Lipinski definition) is 1. The number of urea groups is 1. The zero-order valence-electron chi connectivity index (χ0n) is 14.4.